The van der Waals surface area contributed by atoms with Crippen molar-refractivity contribution in [3.8, 4) is 5.88 Å². The van der Waals surface area contributed by atoms with E-state index < -0.39 is 5.82 Å². The second-order valence-corrected chi connectivity index (χ2v) is 5.76. The molecule has 0 amide bonds. The Labute approximate surface area is 133 Å². The van der Waals surface area contributed by atoms with E-state index in [1.807, 2.05) is 18.2 Å². The summed E-state index contributed by atoms with van der Waals surface area (Å²) in [5.41, 5.74) is 1.87. The van der Waals surface area contributed by atoms with Crippen LogP contribution in [0, 0.1) is 5.82 Å². The summed E-state index contributed by atoms with van der Waals surface area (Å²) in [7, 11) is 0. The molecule has 3 aromatic rings. The number of aromatic amines is 1. The predicted molar refractivity (Wildman–Crippen MR) is 86.3 cm³/mol. The minimum absolute atomic E-state index is 0.00976. The van der Waals surface area contributed by atoms with Gasteiger partial charge in [0, 0.05) is 21.6 Å². The van der Waals surface area contributed by atoms with Crippen LogP contribution in [0.1, 0.15) is 5.56 Å². The molecule has 0 spiro atoms. The molecule has 106 valence electrons. The van der Waals surface area contributed by atoms with Crippen LogP contribution in [0.5, 0.6) is 5.88 Å². The molecule has 1 aromatic heterocycles. The summed E-state index contributed by atoms with van der Waals surface area (Å²) in [5.74, 6) is -0.463. The van der Waals surface area contributed by atoms with Crippen molar-refractivity contribution in [2.24, 2.45) is 4.99 Å². The molecule has 6 heteroatoms. The SMILES string of the molecule is Oc1[nH]c2ccc(Br)cc2c1C=Nc1ccc(F)c(Cl)c1. The van der Waals surface area contributed by atoms with E-state index in [9.17, 15) is 9.50 Å². The van der Waals surface area contributed by atoms with E-state index in [2.05, 4.69) is 25.9 Å². The Morgan fingerprint density at radius 1 is 1.24 bits per heavy atom. The molecule has 0 bridgehead atoms. The standard InChI is InChI=1S/C15H9BrClFN2O/c16-8-1-4-14-10(5-8)11(15(21)20-14)7-19-9-2-3-13(18)12(17)6-9/h1-7,20-21H. The van der Waals surface area contributed by atoms with Crippen LogP contribution in [0.15, 0.2) is 45.9 Å². The van der Waals surface area contributed by atoms with Gasteiger partial charge in [0.25, 0.3) is 0 Å². The van der Waals surface area contributed by atoms with Crippen molar-refractivity contribution in [3.05, 3.63) is 57.3 Å². The van der Waals surface area contributed by atoms with Crippen LogP contribution in [0.2, 0.25) is 5.02 Å². The van der Waals surface area contributed by atoms with Crippen LogP contribution in [-0.4, -0.2) is 16.3 Å². The van der Waals surface area contributed by atoms with E-state index in [1.165, 1.54) is 24.4 Å². The Kier molecular flexibility index (Phi) is 3.69. The molecule has 21 heavy (non-hydrogen) atoms. The number of H-pyrrole nitrogens is 1. The summed E-state index contributed by atoms with van der Waals surface area (Å²) in [6, 6.07) is 9.80. The first-order valence-corrected chi connectivity index (χ1v) is 7.21. The van der Waals surface area contributed by atoms with E-state index in [4.69, 9.17) is 11.6 Å². The number of benzene rings is 2. The number of halogens is 3. The van der Waals surface area contributed by atoms with Gasteiger partial charge in [-0.3, -0.25) is 4.99 Å². The summed E-state index contributed by atoms with van der Waals surface area (Å²) in [5, 5.41) is 10.8. The molecule has 0 unspecified atom stereocenters. The van der Waals surface area contributed by atoms with Crippen molar-refractivity contribution in [1.29, 1.82) is 0 Å². The van der Waals surface area contributed by atoms with Crippen LogP contribution in [0.25, 0.3) is 10.9 Å². The molecule has 0 saturated heterocycles. The van der Waals surface area contributed by atoms with Gasteiger partial charge in [-0.1, -0.05) is 27.5 Å². The van der Waals surface area contributed by atoms with Gasteiger partial charge in [-0.25, -0.2) is 4.39 Å². The molecule has 3 nitrogen and oxygen atoms in total. The maximum absolute atomic E-state index is 13.1. The number of nitrogens with zero attached hydrogens (tertiary/aromatic N) is 1. The Bertz CT molecular complexity index is 860. The average molecular weight is 368 g/mol. The smallest absolute Gasteiger partial charge is 0.198 e. The summed E-state index contributed by atoms with van der Waals surface area (Å²) >= 11 is 9.10. The Hall–Kier alpha value is -1.85. The highest BCUT2D eigenvalue weighted by Gasteiger charge is 2.09. The average Bonchev–Trinajstić information content (AvgIpc) is 2.75. The summed E-state index contributed by atoms with van der Waals surface area (Å²) in [6.07, 6.45) is 1.52. The fourth-order valence-electron chi connectivity index (χ4n) is 2.01. The maximum Gasteiger partial charge on any atom is 0.198 e. The molecule has 2 N–H and O–H groups in total. The van der Waals surface area contributed by atoms with Crippen LogP contribution < -0.4 is 0 Å². The lowest BCUT2D eigenvalue weighted by atomic mass is 10.2. The Morgan fingerprint density at radius 2 is 2.05 bits per heavy atom. The number of hydrogen-bond acceptors (Lipinski definition) is 2. The summed E-state index contributed by atoms with van der Waals surface area (Å²) in [6.45, 7) is 0. The van der Waals surface area contributed by atoms with Gasteiger partial charge < -0.3 is 10.1 Å². The fraction of sp³-hybridized carbons (Fsp3) is 0. The quantitative estimate of drug-likeness (QED) is 0.602. The zero-order chi connectivity index (χ0) is 15.0. The summed E-state index contributed by atoms with van der Waals surface area (Å²) < 4.78 is 14.0. The van der Waals surface area contributed by atoms with E-state index in [1.54, 1.807) is 0 Å². The highest BCUT2D eigenvalue weighted by atomic mass is 79.9. The monoisotopic (exact) mass is 366 g/mol. The van der Waals surface area contributed by atoms with Crippen molar-refractivity contribution in [2.75, 3.05) is 0 Å². The first-order valence-electron chi connectivity index (χ1n) is 6.04. The van der Waals surface area contributed by atoms with E-state index in [-0.39, 0.29) is 10.9 Å². The van der Waals surface area contributed by atoms with Crippen molar-refractivity contribution in [1.82, 2.24) is 4.98 Å². The molecule has 1 heterocycles. The van der Waals surface area contributed by atoms with Gasteiger partial charge in [0.2, 0.25) is 0 Å². The normalized spacial score (nSPS) is 11.6. The number of aromatic nitrogens is 1. The molecule has 2 aromatic carbocycles. The first kappa shape index (κ1) is 14.1. The van der Waals surface area contributed by atoms with Crippen LogP contribution in [-0.2, 0) is 0 Å². The zero-order valence-corrected chi connectivity index (χ0v) is 12.9. The Morgan fingerprint density at radius 3 is 2.81 bits per heavy atom. The molecule has 0 aliphatic heterocycles. The molecule has 0 fully saturated rings. The molecule has 3 rings (SSSR count). The molecule has 0 aliphatic carbocycles. The Balaban J connectivity index is 2.04. The summed E-state index contributed by atoms with van der Waals surface area (Å²) in [4.78, 5) is 7.09. The third-order valence-corrected chi connectivity index (χ3v) is 3.81. The number of hydrogen-bond donors (Lipinski definition) is 2. The number of nitrogens with one attached hydrogen (secondary N) is 1. The van der Waals surface area contributed by atoms with Gasteiger partial charge in [-0.2, -0.15) is 0 Å². The lowest BCUT2D eigenvalue weighted by Gasteiger charge is -1.97. The highest BCUT2D eigenvalue weighted by Crippen LogP contribution is 2.29. The number of aliphatic imine (C=N–C) groups is 1. The molecule has 0 atom stereocenters. The second kappa shape index (κ2) is 5.50. The molecule has 0 saturated carbocycles. The number of aromatic hydroxyl groups is 1. The molecular formula is C15H9BrClFN2O. The fourth-order valence-corrected chi connectivity index (χ4v) is 2.54. The third kappa shape index (κ3) is 2.80. The van der Waals surface area contributed by atoms with Gasteiger partial charge in [-0.15, -0.1) is 0 Å². The predicted octanol–water partition coefficient (Wildman–Crippen LogP) is 5.18. The van der Waals surface area contributed by atoms with Crippen molar-refractivity contribution in [3.63, 3.8) is 0 Å². The minimum atomic E-state index is -0.491. The largest absolute Gasteiger partial charge is 0.494 e. The van der Waals surface area contributed by atoms with Crippen LogP contribution >= 0.6 is 27.5 Å². The van der Waals surface area contributed by atoms with Gasteiger partial charge in [0.15, 0.2) is 5.88 Å². The molecular weight excluding hydrogens is 359 g/mol. The van der Waals surface area contributed by atoms with Gasteiger partial charge in [0.1, 0.15) is 5.82 Å². The van der Waals surface area contributed by atoms with E-state index in [0.717, 1.165) is 15.4 Å². The van der Waals surface area contributed by atoms with Crippen LogP contribution in [0.4, 0.5) is 10.1 Å². The van der Waals surface area contributed by atoms with Gasteiger partial charge >= 0.3 is 0 Å². The molecule has 0 radical (unpaired) electrons. The van der Waals surface area contributed by atoms with E-state index >= 15 is 0 Å². The number of rotatable bonds is 2. The minimum Gasteiger partial charge on any atom is -0.494 e. The lowest BCUT2D eigenvalue weighted by molar-refractivity contribution is 0.457. The van der Waals surface area contributed by atoms with Gasteiger partial charge in [0.05, 0.1) is 16.3 Å². The highest BCUT2D eigenvalue weighted by molar-refractivity contribution is 9.10. The third-order valence-electron chi connectivity index (χ3n) is 3.03. The van der Waals surface area contributed by atoms with Gasteiger partial charge in [-0.05, 0) is 36.4 Å². The maximum atomic E-state index is 13.1. The first-order chi connectivity index (χ1) is 10.0. The van der Waals surface area contributed by atoms with Crippen LogP contribution in [0.3, 0.4) is 0 Å². The van der Waals surface area contributed by atoms with Crippen molar-refractivity contribution >= 4 is 50.3 Å². The zero-order valence-electron chi connectivity index (χ0n) is 10.6. The van der Waals surface area contributed by atoms with Crippen molar-refractivity contribution in [2.45, 2.75) is 0 Å². The lowest BCUT2D eigenvalue weighted by Crippen LogP contribution is -1.80. The molecule has 0 aliphatic rings. The van der Waals surface area contributed by atoms with Crippen molar-refractivity contribution < 1.29 is 9.50 Å². The topological polar surface area (TPSA) is 48.4 Å². The number of fused-ring (bicyclic) bond motifs is 1. The second-order valence-electron chi connectivity index (χ2n) is 4.43. The van der Waals surface area contributed by atoms with E-state index in [0.29, 0.717) is 11.3 Å².